The number of aryl methyl sites for hydroxylation is 1. The van der Waals surface area contributed by atoms with E-state index < -0.39 is 6.10 Å². The number of aliphatic hydroxyl groups is 1. The number of nitrogens with zero attached hydrogens (tertiary/aromatic N) is 2. The van der Waals surface area contributed by atoms with Gasteiger partial charge in [-0.1, -0.05) is 24.3 Å². The summed E-state index contributed by atoms with van der Waals surface area (Å²) in [5.41, 5.74) is 1.19. The molecule has 0 saturated carbocycles. The van der Waals surface area contributed by atoms with E-state index in [0.29, 0.717) is 22.4 Å². The van der Waals surface area contributed by atoms with Crippen LogP contribution in [0.3, 0.4) is 0 Å². The summed E-state index contributed by atoms with van der Waals surface area (Å²) < 4.78 is 11.9. The summed E-state index contributed by atoms with van der Waals surface area (Å²) in [6, 6.07) is 12.6. The predicted molar refractivity (Wildman–Crippen MR) is 88.3 cm³/mol. The Morgan fingerprint density at radius 2 is 1.92 bits per heavy atom. The van der Waals surface area contributed by atoms with Crippen molar-refractivity contribution in [1.82, 2.24) is 9.78 Å². The summed E-state index contributed by atoms with van der Waals surface area (Å²) in [6.07, 6.45) is -0.870. The van der Waals surface area contributed by atoms with Crippen molar-refractivity contribution in [3.05, 3.63) is 64.1 Å². The van der Waals surface area contributed by atoms with Gasteiger partial charge in [-0.3, -0.25) is 4.79 Å². The molecule has 4 rings (SSSR count). The van der Waals surface area contributed by atoms with Gasteiger partial charge in [0.05, 0.1) is 23.7 Å². The molecule has 0 spiro atoms. The fourth-order valence-corrected chi connectivity index (χ4v) is 2.92. The van der Waals surface area contributed by atoms with Gasteiger partial charge in [0.1, 0.15) is 0 Å². The average Bonchev–Trinajstić information content (AvgIpc) is 3.07. The number of fused-ring (bicyclic) bond motifs is 2. The second kappa shape index (κ2) is 5.65. The first-order valence-electron chi connectivity index (χ1n) is 7.67. The normalized spacial score (nSPS) is 14.1. The maximum Gasteiger partial charge on any atom is 0.274 e. The van der Waals surface area contributed by atoms with Crippen molar-refractivity contribution in [3.63, 3.8) is 0 Å². The first-order chi connectivity index (χ1) is 11.6. The average molecular weight is 324 g/mol. The van der Waals surface area contributed by atoms with Gasteiger partial charge in [0, 0.05) is 5.39 Å². The highest BCUT2D eigenvalue weighted by molar-refractivity contribution is 5.83. The quantitative estimate of drug-likeness (QED) is 0.799. The van der Waals surface area contributed by atoms with Crippen LogP contribution < -0.4 is 15.0 Å². The third-order valence-electron chi connectivity index (χ3n) is 4.18. The second-order valence-electron chi connectivity index (χ2n) is 5.75. The molecule has 0 unspecified atom stereocenters. The van der Waals surface area contributed by atoms with Gasteiger partial charge in [0.15, 0.2) is 11.5 Å². The lowest BCUT2D eigenvalue weighted by molar-refractivity contribution is 0.148. The van der Waals surface area contributed by atoms with Crippen LogP contribution in [-0.2, 0) is 6.54 Å². The highest BCUT2D eigenvalue weighted by atomic mass is 16.7. The summed E-state index contributed by atoms with van der Waals surface area (Å²) in [4.78, 5) is 12.6. The van der Waals surface area contributed by atoms with Gasteiger partial charge < -0.3 is 14.6 Å². The van der Waals surface area contributed by atoms with Crippen LogP contribution in [0.1, 0.15) is 17.4 Å². The minimum absolute atomic E-state index is 0.0736. The molecule has 0 bridgehead atoms. The number of hydrogen-bond donors (Lipinski definition) is 1. The van der Waals surface area contributed by atoms with Crippen LogP contribution in [0.4, 0.5) is 0 Å². The molecule has 0 saturated heterocycles. The second-order valence-corrected chi connectivity index (χ2v) is 5.75. The van der Waals surface area contributed by atoms with Crippen LogP contribution >= 0.6 is 0 Å². The number of hydrogen-bond acceptors (Lipinski definition) is 5. The molecule has 0 fully saturated rings. The Balaban J connectivity index is 1.69. The molecule has 1 aliphatic heterocycles. The Hall–Kier alpha value is -2.86. The van der Waals surface area contributed by atoms with E-state index in [-0.39, 0.29) is 18.9 Å². The molecular formula is C18H16N2O4. The third-order valence-corrected chi connectivity index (χ3v) is 4.18. The van der Waals surface area contributed by atoms with Crippen LogP contribution in [0.2, 0.25) is 0 Å². The van der Waals surface area contributed by atoms with Crippen LogP contribution in [0, 0.1) is 6.92 Å². The highest BCUT2D eigenvalue weighted by Crippen LogP contribution is 2.34. The topological polar surface area (TPSA) is 73.6 Å². The monoisotopic (exact) mass is 324 g/mol. The fourth-order valence-electron chi connectivity index (χ4n) is 2.92. The standard InChI is InChI=1S/C18H16N2O4/c1-11-13-4-2-3-5-14(13)18(22)20(19-11)9-15(21)12-6-7-16-17(8-12)24-10-23-16/h2-8,15,21H,9-10H2,1H3/t15-/m1/s1. The molecule has 122 valence electrons. The number of aliphatic hydroxyl groups excluding tert-OH is 1. The van der Waals surface area contributed by atoms with Crippen molar-refractivity contribution in [2.75, 3.05) is 6.79 Å². The molecule has 6 nitrogen and oxygen atoms in total. The van der Waals surface area contributed by atoms with Gasteiger partial charge in [-0.15, -0.1) is 0 Å². The van der Waals surface area contributed by atoms with Crippen molar-refractivity contribution in [2.45, 2.75) is 19.6 Å². The largest absolute Gasteiger partial charge is 0.454 e. The van der Waals surface area contributed by atoms with Gasteiger partial charge in [0.2, 0.25) is 6.79 Å². The molecule has 1 atom stereocenters. The molecule has 3 aromatic rings. The highest BCUT2D eigenvalue weighted by Gasteiger charge is 2.18. The fraction of sp³-hybridized carbons (Fsp3) is 0.222. The Kier molecular flexibility index (Phi) is 3.46. The van der Waals surface area contributed by atoms with Crippen LogP contribution in [0.25, 0.3) is 10.8 Å². The van der Waals surface area contributed by atoms with Gasteiger partial charge >= 0.3 is 0 Å². The smallest absolute Gasteiger partial charge is 0.274 e. The van der Waals surface area contributed by atoms with E-state index in [9.17, 15) is 9.90 Å². The molecule has 2 aromatic carbocycles. The van der Waals surface area contributed by atoms with E-state index in [1.807, 2.05) is 25.1 Å². The zero-order chi connectivity index (χ0) is 16.7. The lowest BCUT2D eigenvalue weighted by atomic mass is 10.1. The minimum atomic E-state index is -0.870. The van der Waals surface area contributed by atoms with Crippen LogP contribution in [-0.4, -0.2) is 21.7 Å². The Bertz CT molecular complexity index is 980. The Labute approximate surface area is 137 Å². The van der Waals surface area contributed by atoms with Gasteiger partial charge in [0.25, 0.3) is 5.56 Å². The van der Waals surface area contributed by atoms with E-state index in [2.05, 4.69) is 5.10 Å². The first kappa shape index (κ1) is 14.7. The zero-order valence-corrected chi connectivity index (χ0v) is 13.1. The van der Waals surface area contributed by atoms with Gasteiger partial charge in [-0.05, 0) is 30.7 Å². The molecule has 1 N–H and O–H groups in total. The molecule has 0 amide bonds. The maximum atomic E-state index is 12.6. The SMILES string of the molecule is Cc1nn(C[C@@H](O)c2ccc3c(c2)OCO3)c(=O)c2ccccc12. The van der Waals surface area contributed by atoms with Crippen molar-refractivity contribution in [1.29, 1.82) is 0 Å². The van der Waals surface area contributed by atoms with Crippen molar-refractivity contribution < 1.29 is 14.6 Å². The Morgan fingerprint density at radius 3 is 2.75 bits per heavy atom. The molecule has 0 aliphatic carbocycles. The molecule has 1 aromatic heterocycles. The van der Waals surface area contributed by atoms with E-state index >= 15 is 0 Å². The van der Waals surface area contributed by atoms with E-state index in [1.54, 1.807) is 24.3 Å². The third kappa shape index (κ3) is 2.41. The summed E-state index contributed by atoms with van der Waals surface area (Å²) in [6.45, 7) is 2.11. The summed E-state index contributed by atoms with van der Waals surface area (Å²) in [7, 11) is 0. The molecule has 24 heavy (non-hydrogen) atoms. The van der Waals surface area contributed by atoms with Crippen LogP contribution in [0.15, 0.2) is 47.3 Å². The maximum absolute atomic E-state index is 12.6. The molecule has 2 heterocycles. The van der Waals surface area contributed by atoms with Gasteiger partial charge in [-0.2, -0.15) is 5.10 Å². The number of benzene rings is 2. The number of aromatic nitrogens is 2. The lowest BCUT2D eigenvalue weighted by Gasteiger charge is -2.14. The van der Waals surface area contributed by atoms with Crippen LogP contribution in [0.5, 0.6) is 11.5 Å². The number of rotatable bonds is 3. The summed E-state index contributed by atoms with van der Waals surface area (Å²) in [5.74, 6) is 1.25. The van der Waals surface area contributed by atoms with Crippen molar-refractivity contribution in [3.8, 4) is 11.5 Å². The van der Waals surface area contributed by atoms with Gasteiger partial charge in [-0.25, -0.2) is 4.68 Å². The van der Waals surface area contributed by atoms with Crippen molar-refractivity contribution in [2.24, 2.45) is 0 Å². The minimum Gasteiger partial charge on any atom is -0.454 e. The van der Waals surface area contributed by atoms with E-state index in [0.717, 1.165) is 11.1 Å². The molecule has 6 heteroatoms. The number of ether oxygens (including phenoxy) is 2. The van der Waals surface area contributed by atoms with Crippen molar-refractivity contribution >= 4 is 10.8 Å². The summed E-state index contributed by atoms with van der Waals surface area (Å²) >= 11 is 0. The molecule has 0 radical (unpaired) electrons. The molecular weight excluding hydrogens is 308 g/mol. The summed E-state index contributed by atoms with van der Waals surface area (Å²) in [5, 5.41) is 16.3. The molecule has 1 aliphatic rings. The zero-order valence-electron chi connectivity index (χ0n) is 13.1. The first-order valence-corrected chi connectivity index (χ1v) is 7.67. The predicted octanol–water partition coefficient (Wildman–Crippen LogP) is 2.17. The Morgan fingerprint density at radius 1 is 1.17 bits per heavy atom. The van der Waals surface area contributed by atoms with E-state index in [4.69, 9.17) is 9.47 Å². The van der Waals surface area contributed by atoms with E-state index in [1.165, 1.54) is 4.68 Å². The lowest BCUT2D eigenvalue weighted by Crippen LogP contribution is -2.26.